The van der Waals surface area contributed by atoms with Crippen LogP contribution in [0.15, 0.2) is 58.5 Å². The quantitative estimate of drug-likeness (QED) is 0.499. The van der Waals surface area contributed by atoms with Crippen LogP contribution in [-0.4, -0.2) is 37.9 Å². The van der Waals surface area contributed by atoms with Crippen molar-refractivity contribution in [1.29, 1.82) is 0 Å². The number of hydrazone groups is 1. The lowest BCUT2D eigenvalue weighted by atomic mass is 10.1. The Morgan fingerprint density at radius 1 is 1.00 bits per heavy atom. The van der Waals surface area contributed by atoms with Gasteiger partial charge in [0.15, 0.2) is 0 Å². The fourth-order valence-corrected chi connectivity index (χ4v) is 3.22. The van der Waals surface area contributed by atoms with Gasteiger partial charge in [-0.25, -0.2) is 4.83 Å². The molecule has 0 saturated carbocycles. The Hall–Kier alpha value is -3.00. The lowest BCUT2D eigenvalue weighted by molar-refractivity contribution is 0.0679. The molecule has 1 aliphatic rings. The van der Waals surface area contributed by atoms with Crippen LogP contribution in [0, 0.1) is 6.92 Å². The lowest BCUT2D eigenvalue weighted by Gasteiger charge is -2.10. The second kappa shape index (κ2) is 6.48. The fourth-order valence-electron chi connectivity index (χ4n) is 2.40. The van der Waals surface area contributed by atoms with Crippen LogP contribution >= 0.6 is 0 Å². The van der Waals surface area contributed by atoms with Crippen LogP contribution in [0.3, 0.4) is 0 Å². The number of sulfonamides is 1. The molecule has 0 atom stereocenters. The zero-order valence-electron chi connectivity index (χ0n) is 13.3. The van der Waals surface area contributed by atoms with E-state index in [2.05, 4.69) is 9.93 Å². The average Bonchev–Trinajstić information content (AvgIpc) is 2.84. The maximum atomic E-state index is 12.2. The summed E-state index contributed by atoms with van der Waals surface area (Å²) in [6, 6.07) is 12.8. The highest BCUT2D eigenvalue weighted by Gasteiger charge is 2.34. The van der Waals surface area contributed by atoms with Crippen molar-refractivity contribution < 1.29 is 18.0 Å². The summed E-state index contributed by atoms with van der Waals surface area (Å²) >= 11 is 0. The topological polar surface area (TPSA) is 95.9 Å². The van der Waals surface area contributed by atoms with Crippen molar-refractivity contribution in [1.82, 2.24) is 9.73 Å². The van der Waals surface area contributed by atoms with Crippen LogP contribution in [-0.2, 0) is 10.0 Å². The van der Waals surface area contributed by atoms with Crippen LogP contribution in [0.4, 0.5) is 0 Å². The Balaban J connectivity index is 1.66. The molecule has 1 heterocycles. The van der Waals surface area contributed by atoms with Crippen LogP contribution in [0.1, 0.15) is 26.3 Å². The van der Waals surface area contributed by atoms with Crippen molar-refractivity contribution in [3.05, 3.63) is 65.2 Å². The minimum atomic E-state index is -3.79. The maximum absolute atomic E-state index is 12.2. The minimum Gasteiger partial charge on any atom is -0.269 e. The van der Waals surface area contributed by atoms with Crippen LogP contribution in [0.5, 0.6) is 0 Å². The molecule has 3 rings (SSSR count). The third-order valence-electron chi connectivity index (χ3n) is 3.74. The molecule has 0 aromatic heterocycles. The van der Waals surface area contributed by atoms with Gasteiger partial charge in [-0.2, -0.15) is 13.5 Å². The summed E-state index contributed by atoms with van der Waals surface area (Å²) in [4.78, 5) is 27.5. The summed E-state index contributed by atoms with van der Waals surface area (Å²) in [5.74, 6) is -0.845. The number of nitrogens with one attached hydrogen (secondary N) is 1. The number of carbonyl (C=O) groups is 2. The highest BCUT2D eigenvalue weighted by Crippen LogP contribution is 2.21. The predicted molar refractivity (Wildman–Crippen MR) is 91.8 cm³/mol. The molecule has 0 spiro atoms. The molecule has 0 aliphatic carbocycles. The fraction of sp³-hybridized carbons (Fsp3) is 0.118. The Morgan fingerprint density at radius 3 is 2.12 bits per heavy atom. The SMILES string of the molecule is Cc1ccc(S(=O)(=O)NN=CCN2C(=O)c3ccccc3C2=O)cc1. The van der Waals surface area contributed by atoms with Gasteiger partial charge in [0.1, 0.15) is 0 Å². The normalized spacial score (nSPS) is 14.2. The van der Waals surface area contributed by atoms with Gasteiger partial charge in [0.05, 0.1) is 22.6 Å². The van der Waals surface area contributed by atoms with Gasteiger partial charge in [-0.05, 0) is 31.2 Å². The highest BCUT2D eigenvalue weighted by molar-refractivity contribution is 7.89. The molecule has 0 radical (unpaired) electrons. The minimum absolute atomic E-state index is 0.0796. The van der Waals surface area contributed by atoms with E-state index in [1.165, 1.54) is 18.3 Å². The van der Waals surface area contributed by atoms with Gasteiger partial charge in [-0.3, -0.25) is 14.5 Å². The van der Waals surface area contributed by atoms with Gasteiger partial charge in [0.2, 0.25) is 0 Å². The van der Waals surface area contributed by atoms with E-state index >= 15 is 0 Å². The monoisotopic (exact) mass is 357 g/mol. The number of carbonyl (C=O) groups excluding carboxylic acids is 2. The third kappa shape index (κ3) is 3.29. The Morgan fingerprint density at radius 2 is 1.56 bits per heavy atom. The highest BCUT2D eigenvalue weighted by atomic mass is 32.2. The van der Waals surface area contributed by atoms with Gasteiger partial charge < -0.3 is 0 Å². The molecule has 8 heteroatoms. The Kier molecular flexibility index (Phi) is 4.37. The van der Waals surface area contributed by atoms with Crippen LogP contribution < -0.4 is 4.83 Å². The van der Waals surface area contributed by atoms with Gasteiger partial charge >= 0.3 is 0 Å². The van der Waals surface area contributed by atoms with Crippen molar-refractivity contribution in [3.63, 3.8) is 0 Å². The summed E-state index contributed by atoms with van der Waals surface area (Å²) < 4.78 is 24.1. The van der Waals surface area contributed by atoms with Gasteiger partial charge in [0, 0.05) is 6.21 Å². The number of hydrogen-bond donors (Lipinski definition) is 1. The summed E-state index contributed by atoms with van der Waals surface area (Å²) in [5, 5.41) is 3.63. The zero-order valence-corrected chi connectivity index (χ0v) is 14.2. The molecule has 1 N–H and O–H groups in total. The molecule has 2 aromatic carbocycles. The molecule has 25 heavy (non-hydrogen) atoms. The molecule has 7 nitrogen and oxygen atoms in total. The average molecular weight is 357 g/mol. The number of nitrogens with zero attached hydrogens (tertiary/aromatic N) is 2. The molecule has 0 bridgehead atoms. The second-order valence-corrected chi connectivity index (χ2v) is 7.15. The molecule has 2 amide bonds. The van der Waals surface area contributed by atoms with Crippen molar-refractivity contribution >= 4 is 28.1 Å². The largest absolute Gasteiger partial charge is 0.276 e. The number of benzene rings is 2. The van der Waals surface area contributed by atoms with Crippen molar-refractivity contribution in [2.24, 2.45) is 5.10 Å². The molecular weight excluding hydrogens is 342 g/mol. The van der Waals surface area contributed by atoms with E-state index in [1.807, 2.05) is 6.92 Å². The van der Waals surface area contributed by atoms with E-state index in [-0.39, 0.29) is 11.4 Å². The number of rotatable bonds is 5. The number of hydrogen-bond acceptors (Lipinski definition) is 5. The zero-order chi connectivity index (χ0) is 18.0. The molecular formula is C17H15N3O4S. The van der Waals surface area contributed by atoms with Gasteiger partial charge in [-0.15, -0.1) is 0 Å². The number of aryl methyl sites for hydroxylation is 1. The molecule has 128 valence electrons. The molecule has 0 saturated heterocycles. The predicted octanol–water partition coefficient (Wildman–Crippen LogP) is 1.56. The first kappa shape index (κ1) is 16.8. The van der Waals surface area contributed by atoms with E-state index in [0.717, 1.165) is 10.5 Å². The standard InChI is InChI=1S/C17H15N3O4S/c1-12-6-8-13(9-7-12)25(23,24)19-18-10-11-20-16(21)14-4-2-3-5-15(14)17(20)22/h2-10,19H,11H2,1H3. The van der Waals surface area contributed by atoms with Crippen molar-refractivity contribution in [3.8, 4) is 0 Å². The second-order valence-electron chi connectivity index (χ2n) is 5.49. The summed E-state index contributed by atoms with van der Waals surface area (Å²) in [7, 11) is -3.79. The Labute approximate surface area is 145 Å². The third-order valence-corrected chi connectivity index (χ3v) is 4.98. The summed E-state index contributed by atoms with van der Waals surface area (Å²) in [6.45, 7) is 1.73. The first-order valence-electron chi connectivity index (χ1n) is 7.45. The summed E-state index contributed by atoms with van der Waals surface area (Å²) in [6.07, 6.45) is 1.17. The van der Waals surface area contributed by atoms with E-state index in [9.17, 15) is 18.0 Å². The van der Waals surface area contributed by atoms with E-state index in [4.69, 9.17) is 0 Å². The molecule has 2 aromatic rings. The summed E-state index contributed by atoms with van der Waals surface area (Å²) in [5.41, 5.74) is 1.61. The van der Waals surface area contributed by atoms with Crippen LogP contribution in [0.25, 0.3) is 0 Å². The van der Waals surface area contributed by atoms with E-state index in [1.54, 1.807) is 36.4 Å². The first-order chi connectivity index (χ1) is 11.9. The molecule has 0 fully saturated rings. The maximum Gasteiger partial charge on any atom is 0.276 e. The number of fused-ring (bicyclic) bond motifs is 1. The van der Waals surface area contributed by atoms with E-state index < -0.39 is 21.8 Å². The number of imide groups is 1. The van der Waals surface area contributed by atoms with Gasteiger partial charge in [0.25, 0.3) is 21.8 Å². The van der Waals surface area contributed by atoms with E-state index in [0.29, 0.717) is 11.1 Å². The Bertz CT molecular complexity index is 931. The van der Waals surface area contributed by atoms with Gasteiger partial charge in [-0.1, -0.05) is 29.8 Å². The molecule has 1 aliphatic heterocycles. The number of amides is 2. The van der Waals surface area contributed by atoms with Crippen molar-refractivity contribution in [2.45, 2.75) is 11.8 Å². The first-order valence-corrected chi connectivity index (χ1v) is 8.94. The smallest absolute Gasteiger partial charge is 0.269 e. The lowest BCUT2D eigenvalue weighted by Crippen LogP contribution is -2.32. The molecule has 0 unspecified atom stereocenters. The van der Waals surface area contributed by atoms with Crippen molar-refractivity contribution in [2.75, 3.05) is 6.54 Å². The van der Waals surface area contributed by atoms with Crippen LogP contribution in [0.2, 0.25) is 0 Å².